The van der Waals surface area contributed by atoms with Gasteiger partial charge in [0.15, 0.2) is 0 Å². The fourth-order valence-corrected chi connectivity index (χ4v) is 1.25. The van der Waals surface area contributed by atoms with Gasteiger partial charge >= 0.3 is 18.3 Å². The molecule has 0 unspecified atom stereocenters. The molecule has 0 aromatic carbocycles. The Hall–Kier alpha value is -1.14. The summed E-state index contributed by atoms with van der Waals surface area (Å²) in [5.74, 6) is -1.22. The third-order valence-corrected chi connectivity index (χ3v) is 2.09. The highest BCUT2D eigenvalue weighted by atomic mass is 19.4. The van der Waals surface area contributed by atoms with Gasteiger partial charge in [-0.1, -0.05) is 19.4 Å². The van der Waals surface area contributed by atoms with Gasteiger partial charge in [-0.25, -0.2) is 4.79 Å². The maximum Gasteiger partial charge on any atom is 0.400 e. The molecule has 0 atom stereocenters. The lowest BCUT2D eigenvalue weighted by Crippen LogP contribution is -2.23. The summed E-state index contributed by atoms with van der Waals surface area (Å²) in [6, 6.07) is 0. The number of esters is 1. The van der Waals surface area contributed by atoms with Gasteiger partial charge in [0.1, 0.15) is 0 Å². The number of ether oxygens (including phenoxy) is 1. The average Bonchev–Trinajstić information content (AvgIpc) is 2.20. The Morgan fingerprint density at radius 3 is 1.94 bits per heavy atom. The first-order valence-electron chi connectivity index (χ1n) is 5.46. The number of hydrogen-bond acceptors (Lipinski definition) is 2. The molecular formula is C11H15F5O2. The van der Waals surface area contributed by atoms with Crippen LogP contribution in [0.1, 0.15) is 38.5 Å². The van der Waals surface area contributed by atoms with Crippen LogP contribution in [-0.4, -0.2) is 18.3 Å². The van der Waals surface area contributed by atoms with E-state index in [1.54, 1.807) is 0 Å². The van der Waals surface area contributed by atoms with Crippen LogP contribution in [-0.2, 0) is 9.53 Å². The molecule has 0 fully saturated rings. The van der Waals surface area contributed by atoms with Crippen LogP contribution in [0.3, 0.4) is 0 Å². The molecule has 0 saturated heterocycles. The second-order valence-electron chi connectivity index (χ2n) is 3.79. The maximum absolute atomic E-state index is 12.9. The van der Waals surface area contributed by atoms with Gasteiger partial charge in [-0.05, 0) is 12.8 Å². The van der Waals surface area contributed by atoms with Crippen molar-refractivity contribution in [2.24, 2.45) is 0 Å². The van der Waals surface area contributed by atoms with Crippen molar-refractivity contribution in [2.75, 3.05) is 0 Å². The van der Waals surface area contributed by atoms with Gasteiger partial charge in [-0.3, -0.25) is 0 Å². The molecule has 0 aliphatic heterocycles. The summed E-state index contributed by atoms with van der Waals surface area (Å²) in [5, 5.41) is 0. The molecule has 0 heterocycles. The zero-order valence-corrected chi connectivity index (χ0v) is 9.73. The number of rotatable bonds is 8. The Kier molecular flexibility index (Phi) is 6.86. The van der Waals surface area contributed by atoms with Crippen molar-refractivity contribution in [1.29, 1.82) is 0 Å². The quantitative estimate of drug-likeness (QED) is 0.287. The van der Waals surface area contributed by atoms with E-state index in [1.807, 2.05) is 0 Å². The van der Waals surface area contributed by atoms with E-state index < -0.39 is 31.1 Å². The SMILES string of the molecule is C=CC(=O)OC(F)(F)CCCCCCC(F)(F)F. The fraction of sp³-hybridized carbons (Fsp3) is 0.727. The van der Waals surface area contributed by atoms with Gasteiger partial charge < -0.3 is 4.74 Å². The first-order valence-corrected chi connectivity index (χ1v) is 5.46. The second-order valence-corrected chi connectivity index (χ2v) is 3.79. The van der Waals surface area contributed by atoms with Crippen LogP contribution >= 0.6 is 0 Å². The number of alkyl halides is 5. The van der Waals surface area contributed by atoms with Gasteiger partial charge in [0.2, 0.25) is 0 Å². The Morgan fingerprint density at radius 2 is 1.50 bits per heavy atom. The summed E-state index contributed by atoms with van der Waals surface area (Å²) >= 11 is 0. The zero-order valence-electron chi connectivity index (χ0n) is 9.73. The highest BCUT2D eigenvalue weighted by Crippen LogP contribution is 2.26. The van der Waals surface area contributed by atoms with E-state index in [1.165, 1.54) is 0 Å². The third-order valence-electron chi connectivity index (χ3n) is 2.09. The van der Waals surface area contributed by atoms with E-state index in [4.69, 9.17) is 0 Å². The lowest BCUT2D eigenvalue weighted by molar-refractivity contribution is -0.231. The first-order chi connectivity index (χ1) is 8.16. The van der Waals surface area contributed by atoms with Crippen LogP contribution in [0.4, 0.5) is 22.0 Å². The summed E-state index contributed by atoms with van der Waals surface area (Å²) in [6.07, 6.45) is -8.41. The molecule has 0 rings (SSSR count). The fourth-order valence-electron chi connectivity index (χ4n) is 1.25. The summed E-state index contributed by atoms with van der Waals surface area (Å²) < 4.78 is 64.8. The minimum Gasteiger partial charge on any atom is -0.398 e. The third kappa shape index (κ3) is 10.0. The monoisotopic (exact) mass is 274 g/mol. The van der Waals surface area contributed by atoms with Crippen LogP contribution in [0.5, 0.6) is 0 Å². The molecule has 0 bridgehead atoms. The van der Waals surface area contributed by atoms with Crippen molar-refractivity contribution >= 4 is 5.97 Å². The predicted octanol–water partition coefficient (Wildman–Crippen LogP) is 4.21. The number of hydrogen-bond donors (Lipinski definition) is 0. The van der Waals surface area contributed by atoms with Crippen LogP contribution in [0, 0.1) is 0 Å². The predicted molar refractivity (Wildman–Crippen MR) is 55.0 cm³/mol. The van der Waals surface area contributed by atoms with Gasteiger partial charge in [0, 0.05) is 12.5 Å². The number of carbonyl (C=O) groups excluding carboxylic acids is 1. The van der Waals surface area contributed by atoms with Crippen LogP contribution in [0.15, 0.2) is 12.7 Å². The second kappa shape index (κ2) is 7.33. The van der Waals surface area contributed by atoms with Crippen LogP contribution in [0.2, 0.25) is 0 Å². The number of halogens is 5. The molecule has 2 nitrogen and oxygen atoms in total. The molecule has 0 amide bonds. The van der Waals surface area contributed by atoms with E-state index in [0.717, 1.165) is 0 Å². The zero-order chi connectivity index (χ0) is 14.2. The summed E-state index contributed by atoms with van der Waals surface area (Å²) in [5.41, 5.74) is 0. The highest BCUT2D eigenvalue weighted by molar-refractivity contribution is 5.81. The Balaban J connectivity index is 3.65. The van der Waals surface area contributed by atoms with Crippen molar-refractivity contribution in [3.63, 3.8) is 0 Å². The van der Waals surface area contributed by atoms with E-state index in [2.05, 4.69) is 11.3 Å². The smallest absolute Gasteiger partial charge is 0.398 e. The van der Waals surface area contributed by atoms with E-state index in [9.17, 15) is 26.7 Å². The molecule has 0 aliphatic rings. The standard InChI is InChI=1S/C11H15F5O2/c1-2-9(17)18-11(15,16)8-6-4-3-5-7-10(12,13)14/h2H,1,3-8H2. The Bertz CT molecular complexity index is 273. The maximum atomic E-state index is 12.9. The molecule has 0 saturated carbocycles. The molecule has 18 heavy (non-hydrogen) atoms. The largest absolute Gasteiger partial charge is 0.400 e. The van der Waals surface area contributed by atoms with E-state index >= 15 is 0 Å². The topological polar surface area (TPSA) is 26.3 Å². The first kappa shape index (κ1) is 16.9. The van der Waals surface area contributed by atoms with Crippen molar-refractivity contribution in [3.05, 3.63) is 12.7 Å². The van der Waals surface area contributed by atoms with Gasteiger partial charge in [0.25, 0.3) is 0 Å². The van der Waals surface area contributed by atoms with E-state index in [-0.39, 0.29) is 25.7 Å². The van der Waals surface area contributed by atoms with Gasteiger partial charge in [-0.15, -0.1) is 0 Å². The van der Waals surface area contributed by atoms with Crippen molar-refractivity contribution < 1.29 is 31.5 Å². The summed E-state index contributed by atoms with van der Waals surface area (Å²) in [6.45, 7) is 2.97. The summed E-state index contributed by atoms with van der Waals surface area (Å²) in [7, 11) is 0. The normalized spacial score (nSPS) is 12.3. The van der Waals surface area contributed by atoms with Crippen LogP contribution in [0.25, 0.3) is 0 Å². The Labute approximate surface area is 102 Å². The molecule has 0 aromatic heterocycles. The highest BCUT2D eigenvalue weighted by Gasteiger charge is 2.32. The van der Waals surface area contributed by atoms with Gasteiger partial charge in [-0.2, -0.15) is 22.0 Å². The molecule has 0 aliphatic carbocycles. The molecule has 0 radical (unpaired) electrons. The minimum atomic E-state index is -4.20. The van der Waals surface area contributed by atoms with Crippen molar-refractivity contribution in [3.8, 4) is 0 Å². The number of unbranched alkanes of at least 4 members (excludes halogenated alkanes) is 3. The average molecular weight is 274 g/mol. The lowest BCUT2D eigenvalue weighted by atomic mass is 10.1. The molecule has 0 aromatic rings. The molecule has 106 valence electrons. The van der Waals surface area contributed by atoms with Gasteiger partial charge in [0.05, 0.1) is 6.42 Å². The van der Waals surface area contributed by atoms with Crippen LogP contribution < -0.4 is 0 Å². The molecular weight excluding hydrogens is 259 g/mol. The molecule has 7 heteroatoms. The number of carbonyl (C=O) groups is 1. The lowest BCUT2D eigenvalue weighted by Gasteiger charge is -2.15. The molecule has 0 spiro atoms. The van der Waals surface area contributed by atoms with Crippen molar-refractivity contribution in [2.45, 2.75) is 50.8 Å². The van der Waals surface area contributed by atoms with E-state index in [0.29, 0.717) is 6.08 Å². The minimum absolute atomic E-state index is 0.00468. The molecule has 0 N–H and O–H groups in total. The Morgan fingerprint density at radius 1 is 1.00 bits per heavy atom. The van der Waals surface area contributed by atoms with Crippen molar-refractivity contribution in [1.82, 2.24) is 0 Å². The summed E-state index contributed by atoms with van der Waals surface area (Å²) in [4.78, 5) is 10.5.